The number of aliphatic carboxylic acids is 1. The quantitative estimate of drug-likeness (QED) is 0.813. The van der Waals surface area contributed by atoms with Crippen LogP contribution in [0.15, 0.2) is 24.3 Å². The molecule has 0 unspecified atom stereocenters. The number of aryl methyl sites for hydroxylation is 1. The maximum Gasteiger partial charge on any atom is 0.303 e. The third kappa shape index (κ3) is 2.96. The third-order valence-electron chi connectivity index (χ3n) is 2.70. The van der Waals surface area contributed by atoms with Crippen molar-refractivity contribution in [3.8, 4) is 0 Å². The van der Waals surface area contributed by atoms with Crippen molar-refractivity contribution >= 4 is 17.6 Å². The predicted octanol–water partition coefficient (Wildman–Crippen LogP) is 0.945. The van der Waals surface area contributed by atoms with Gasteiger partial charge >= 0.3 is 5.97 Å². The molecule has 0 spiro atoms. The van der Waals surface area contributed by atoms with Crippen molar-refractivity contribution in [2.24, 2.45) is 0 Å². The molecule has 1 aliphatic rings. The van der Waals surface area contributed by atoms with E-state index < -0.39 is 5.97 Å². The summed E-state index contributed by atoms with van der Waals surface area (Å²) in [6.45, 7) is 0.674. The van der Waals surface area contributed by atoms with E-state index in [1.165, 1.54) is 0 Å². The zero-order chi connectivity index (χ0) is 12.3. The van der Waals surface area contributed by atoms with Crippen molar-refractivity contribution < 1.29 is 14.7 Å². The lowest BCUT2D eigenvalue weighted by molar-refractivity contribution is -0.137. The molecule has 1 fully saturated rings. The van der Waals surface area contributed by atoms with Gasteiger partial charge in [-0.2, -0.15) is 0 Å². The Morgan fingerprint density at radius 1 is 1.35 bits per heavy atom. The minimum absolute atomic E-state index is 0.0277. The summed E-state index contributed by atoms with van der Waals surface area (Å²) in [5.74, 6) is -0.763. The number of hydrazine groups is 1. The molecule has 0 bridgehead atoms. The van der Waals surface area contributed by atoms with Crippen LogP contribution in [0.25, 0.3) is 0 Å². The number of carbonyl (C=O) groups excluding carboxylic acids is 1. The van der Waals surface area contributed by atoms with E-state index >= 15 is 0 Å². The monoisotopic (exact) mass is 234 g/mol. The number of nitrogens with one attached hydrogen (secondary N) is 1. The number of amides is 1. The van der Waals surface area contributed by atoms with Crippen LogP contribution in [0.4, 0.5) is 5.69 Å². The van der Waals surface area contributed by atoms with Gasteiger partial charge in [0.05, 0.1) is 5.69 Å². The Balaban J connectivity index is 1.98. The second-order valence-electron chi connectivity index (χ2n) is 4.00. The molecule has 1 aromatic rings. The Labute approximate surface area is 99.0 Å². The normalized spacial score (nSPS) is 14.8. The SMILES string of the molecule is O=C(O)CCc1ccc(N2CCC(=O)N2)cc1. The van der Waals surface area contributed by atoms with Gasteiger partial charge in [0.1, 0.15) is 0 Å². The third-order valence-corrected chi connectivity index (χ3v) is 2.70. The average molecular weight is 234 g/mol. The number of rotatable bonds is 4. The fourth-order valence-corrected chi connectivity index (χ4v) is 1.76. The highest BCUT2D eigenvalue weighted by molar-refractivity contribution is 5.81. The summed E-state index contributed by atoms with van der Waals surface area (Å²) in [4.78, 5) is 21.5. The van der Waals surface area contributed by atoms with Gasteiger partial charge in [-0.05, 0) is 24.1 Å². The topological polar surface area (TPSA) is 69.6 Å². The zero-order valence-electron chi connectivity index (χ0n) is 9.35. The van der Waals surface area contributed by atoms with E-state index in [-0.39, 0.29) is 12.3 Å². The number of carbonyl (C=O) groups is 2. The van der Waals surface area contributed by atoms with Crippen molar-refractivity contribution in [2.75, 3.05) is 11.6 Å². The van der Waals surface area contributed by atoms with E-state index in [0.717, 1.165) is 11.3 Å². The van der Waals surface area contributed by atoms with Gasteiger partial charge in [-0.15, -0.1) is 0 Å². The maximum atomic E-state index is 11.1. The Kier molecular flexibility index (Phi) is 3.27. The second-order valence-corrected chi connectivity index (χ2v) is 4.00. The smallest absolute Gasteiger partial charge is 0.303 e. The highest BCUT2D eigenvalue weighted by atomic mass is 16.4. The van der Waals surface area contributed by atoms with Gasteiger partial charge in [0, 0.05) is 19.4 Å². The Hall–Kier alpha value is -2.04. The molecule has 2 rings (SSSR count). The van der Waals surface area contributed by atoms with Crippen molar-refractivity contribution in [3.05, 3.63) is 29.8 Å². The van der Waals surface area contributed by atoms with Crippen LogP contribution >= 0.6 is 0 Å². The zero-order valence-corrected chi connectivity index (χ0v) is 9.35. The first kappa shape index (κ1) is 11.4. The van der Waals surface area contributed by atoms with E-state index in [1.54, 1.807) is 5.01 Å². The van der Waals surface area contributed by atoms with Crippen LogP contribution in [0.2, 0.25) is 0 Å². The molecule has 5 nitrogen and oxygen atoms in total. The lowest BCUT2D eigenvalue weighted by Gasteiger charge is -2.17. The first-order chi connectivity index (χ1) is 8.15. The van der Waals surface area contributed by atoms with Gasteiger partial charge in [-0.1, -0.05) is 12.1 Å². The Morgan fingerprint density at radius 3 is 2.59 bits per heavy atom. The minimum Gasteiger partial charge on any atom is -0.481 e. The number of anilines is 1. The van der Waals surface area contributed by atoms with Crippen LogP contribution in [0.3, 0.4) is 0 Å². The van der Waals surface area contributed by atoms with Crippen LogP contribution in [-0.2, 0) is 16.0 Å². The van der Waals surface area contributed by atoms with Crippen molar-refractivity contribution in [1.29, 1.82) is 0 Å². The molecule has 0 atom stereocenters. The summed E-state index contributed by atoms with van der Waals surface area (Å²) in [7, 11) is 0. The molecular weight excluding hydrogens is 220 g/mol. The van der Waals surface area contributed by atoms with Crippen LogP contribution in [0, 0.1) is 0 Å². The molecule has 5 heteroatoms. The number of carboxylic acid groups (broad SMARTS) is 1. The molecule has 2 N–H and O–H groups in total. The van der Waals surface area contributed by atoms with Crippen molar-refractivity contribution in [2.45, 2.75) is 19.3 Å². The molecule has 1 heterocycles. The molecular formula is C12H14N2O3. The van der Waals surface area contributed by atoms with Gasteiger partial charge in [0.25, 0.3) is 0 Å². The number of nitrogens with zero attached hydrogens (tertiary/aromatic N) is 1. The average Bonchev–Trinajstić information content (AvgIpc) is 2.74. The molecule has 90 valence electrons. The van der Waals surface area contributed by atoms with Crippen LogP contribution in [0.5, 0.6) is 0 Å². The summed E-state index contributed by atoms with van der Waals surface area (Å²) in [5, 5.41) is 10.4. The van der Waals surface area contributed by atoms with Gasteiger partial charge in [-0.25, -0.2) is 0 Å². The summed E-state index contributed by atoms with van der Waals surface area (Å²) >= 11 is 0. The molecule has 0 aliphatic carbocycles. The molecule has 0 radical (unpaired) electrons. The molecule has 1 saturated heterocycles. The largest absolute Gasteiger partial charge is 0.481 e. The first-order valence-corrected chi connectivity index (χ1v) is 5.53. The van der Waals surface area contributed by atoms with Crippen LogP contribution in [-0.4, -0.2) is 23.5 Å². The second kappa shape index (κ2) is 4.86. The lowest BCUT2D eigenvalue weighted by atomic mass is 10.1. The van der Waals surface area contributed by atoms with Gasteiger partial charge in [0.2, 0.25) is 5.91 Å². The molecule has 1 aromatic carbocycles. The van der Waals surface area contributed by atoms with E-state index in [0.29, 0.717) is 19.4 Å². The molecule has 1 amide bonds. The molecule has 17 heavy (non-hydrogen) atoms. The minimum atomic E-state index is -0.791. The summed E-state index contributed by atoms with van der Waals surface area (Å²) in [6.07, 6.45) is 1.18. The summed E-state index contributed by atoms with van der Waals surface area (Å²) in [5.41, 5.74) is 4.65. The van der Waals surface area contributed by atoms with E-state index in [9.17, 15) is 9.59 Å². The standard InChI is InChI=1S/C12H14N2O3/c15-11-7-8-14(13-11)10-4-1-9(2-5-10)3-6-12(16)17/h1-2,4-5H,3,6-8H2,(H,13,15)(H,16,17). The fourth-order valence-electron chi connectivity index (χ4n) is 1.76. The first-order valence-electron chi connectivity index (χ1n) is 5.53. The fraction of sp³-hybridized carbons (Fsp3) is 0.333. The Morgan fingerprint density at radius 2 is 2.06 bits per heavy atom. The van der Waals surface area contributed by atoms with Crippen molar-refractivity contribution in [1.82, 2.24) is 5.43 Å². The molecule has 1 aliphatic heterocycles. The number of hydrogen-bond donors (Lipinski definition) is 2. The van der Waals surface area contributed by atoms with E-state index in [1.807, 2.05) is 24.3 Å². The highest BCUT2D eigenvalue weighted by Crippen LogP contribution is 2.17. The van der Waals surface area contributed by atoms with Crippen molar-refractivity contribution in [3.63, 3.8) is 0 Å². The summed E-state index contributed by atoms with van der Waals surface area (Å²) in [6, 6.07) is 7.57. The van der Waals surface area contributed by atoms with Crippen LogP contribution < -0.4 is 10.4 Å². The van der Waals surface area contributed by atoms with Gasteiger partial charge in [0.15, 0.2) is 0 Å². The number of benzene rings is 1. The molecule has 0 aromatic heterocycles. The van der Waals surface area contributed by atoms with Crippen LogP contribution in [0.1, 0.15) is 18.4 Å². The molecule has 0 saturated carbocycles. The highest BCUT2D eigenvalue weighted by Gasteiger charge is 2.18. The maximum absolute atomic E-state index is 11.1. The lowest BCUT2D eigenvalue weighted by Crippen LogP contribution is -2.32. The van der Waals surface area contributed by atoms with Gasteiger partial charge in [-0.3, -0.25) is 20.0 Å². The number of carboxylic acids is 1. The predicted molar refractivity (Wildman–Crippen MR) is 62.5 cm³/mol. The Bertz CT molecular complexity index is 428. The van der Waals surface area contributed by atoms with Gasteiger partial charge < -0.3 is 5.11 Å². The van der Waals surface area contributed by atoms with E-state index in [4.69, 9.17) is 5.11 Å². The summed E-state index contributed by atoms with van der Waals surface area (Å²) < 4.78 is 0. The number of hydrogen-bond acceptors (Lipinski definition) is 3. The van der Waals surface area contributed by atoms with E-state index in [2.05, 4.69) is 5.43 Å².